The summed E-state index contributed by atoms with van der Waals surface area (Å²) in [5, 5.41) is 0. The van der Waals surface area contributed by atoms with Gasteiger partial charge in [0.2, 0.25) is 0 Å². The van der Waals surface area contributed by atoms with Crippen LogP contribution in [0.3, 0.4) is 0 Å². The van der Waals surface area contributed by atoms with Gasteiger partial charge in [0.1, 0.15) is 5.75 Å². The Hall–Kier alpha value is -0.810. The van der Waals surface area contributed by atoms with Crippen LogP contribution in [0, 0.1) is 0 Å². The molecule has 0 aliphatic carbocycles. The second-order valence-corrected chi connectivity index (χ2v) is 8.34. The highest BCUT2D eigenvalue weighted by atomic mass is 32.2. The molecular weight excluding hydrogens is 326 g/mol. The van der Waals surface area contributed by atoms with E-state index in [1.165, 1.54) is 23.5 Å². The van der Waals surface area contributed by atoms with Gasteiger partial charge in [0.25, 0.3) is 5.91 Å². The van der Waals surface area contributed by atoms with Crippen LogP contribution in [-0.4, -0.2) is 42.0 Å². The fourth-order valence-corrected chi connectivity index (χ4v) is 5.34. The van der Waals surface area contributed by atoms with E-state index >= 15 is 0 Å². The lowest BCUT2D eigenvalue weighted by molar-refractivity contribution is -0.133. The molecule has 0 radical (unpaired) electrons. The number of likely N-dealkylation sites (N-methyl/N-ethyl adjacent to an activating group) is 1. The van der Waals surface area contributed by atoms with Gasteiger partial charge in [0.05, 0.1) is 4.58 Å². The summed E-state index contributed by atoms with van der Waals surface area (Å²) in [6.07, 6.45) is 3.45. The first kappa shape index (κ1) is 18.5. The molecule has 1 saturated heterocycles. The largest absolute Gasteiger partial charge is 0.484 e. The molecule has 1 aliphatic heterocycles. The van der Waals surface area contributed by atoms with Crippen LogP contribution in [0.2, 0.25) is 0 Å². The first-order chi connectivity index (χ1) is 11.2. The predicted molar refractivity (Wildman–Crippen MR) is 101 cm³/mol. The van der Waals surface area contributed by atoms with E-state index in [4.69, 9.17) is 4.74 Å². The molecule has 0 spiro atoms. The molecule has 1 aromatic carbocycles. The summed E-state index contributed by atoms with van der Waals surface area (Å²) in [6, 6.07) is 8.23. The summed E-state index contributed by atoms with van der Waals surface area (Å²) in [4.78, 5) is 14.0. The zero-order valence-electron chi connectivity index (χ0n) is 14.1. The van der Waals surface area contributed by atoms with E-state index in [0.717, 1.165) is 31.7 Å². The highest BCUT2D eigenvalue weighted by Gasteiger charge is 2.16. The molecule has 1 heterocycles. The molecule has 1 amide bonds. The molecule has 1 aliphatic rings. The van der Waals surface area contributed by atoms with Crippen molar-refractivity contribution in [2.24, 2.45) is 0 Å². The minimum absolute atomic E-state index is 0.0726. The Labute approximate surface area is 148 Å². The van der Waals surface area contributed by atoms with Crippen LogP contribution < -0.4 is 4.74 Å². The lowest BCUT2D eigenvalue weighted by Crippen LogP contribution is -2.35. The molecule has 0 saturated carbocycles. The standard InChI is InChI=1S/C18H27NO2S2/c1-3-5-11-19(4-2)17(20)14-21-16-9-7-15(8-10-16)18-22-12-6-13-23-18/h7-10,18H,3-6,11-14H2,1-2H3. The molecule has 0 aromatic heterocycles. The third-order valence-electron chi connectivity index (χ3n) is 3.86. The quantitative estimate of drug-likeness (QED) is 0.684. The van der Waals surface area contributed by atoms with E-state index in [9.17, 15) is 4.79 Å². The Bertz CT molecular complexity index is 472. The van der Waals surface area contributed by atoms with E-state index < -0.39 is 0 Å². The van der Waals surface area contributed by atoms with Gasteiger partial charge in [0.15, 0.2) is 6.61 Å². The lowest BCUT2D eigenvalue weighted by atomic mass is 10.2. The number of carbonyl (C=O) groups is 1. The monoisotopic (exact) mass is 353 g/mol. The maximum atomic E-state index is 12.2. The summed E-state index contributed by atoms with van der Waals surface area (Å²) in [5.74, 6) is 3.34. The van der Waals surface area contributed by atoms with E-state index in [1.54, 1.807) is 0 Å². The number of ether oxygens (including phenoxy) is 1. The Morgan fingerprint density at radius 3 is 2.52 bits per heavy atom. The molecule has 0 unspecified atom stereocenters. The molecule has 128 valence electrons. The number of carbonyl (C=O) groups excluding carboxylic acids is 1. The third-order valence-corrected chi connectivity index (χ3v) is 6.87. The number of nitrogens with zero attached hydrogens (tertiary/aromatic N) is 1. The second-order valence-electron chi connectivity index (χ2n) is 5.61. The minimum Gasteiger partial charge on any atom is -0.484 e. The van der Waals surface area contributed by atoms with Crippen LogP contribution in [0.5, 0.6) is 5.75 Å². The zero-order valence-corrected chi connectivity index (χ0v) is 15.8. The zero-order chi connectivity index (χ0) is 16.5. The Kier molecular flexibility index (Phi) is 8.17. The first-order valence-corrected chi connectivity index (χ1v) is 10.6. The number of hydrogen-bond donors (Lipinski definition) is 0. The number of rotatable bonds is 8. The highest BCUT2D eigenvalue weighted by molar-refractivity contribution is 8.16. The van der Waals surface area contributed by atoms with Gasteiger partial charge in [-0.1, -0.05) is 25.5 Å². The Balaban J connectivity index is 1.82. The molecule has 2 rings (SSSR count). The molecule has 1 fully saturated rings. The van der Waals surface area contributed by atoms with Gasteiger partial charge in [0, 0.05) is 13.1 Å². The average Bonchev–Trinajstić information content (AvgIpc) is 2.62. The minimum atomic E-state index is 0.0726. The number of benzene rings is 1. The van der Waals surface area contributed by atoms with Crippen molar-refractivity contribution in [3.8, 4) is 5.75 Å². The maximum absolute atomic E-state index is 12.2. The average molecular weight is 354 g/mol. The summed E-state index contributed by atoms with van der Waals surface area (Å²) in [6.45, 7) is 5.85. The van der Waals surface area contributed by atoms with Gasteiger partial charge in [-0.3, -0.25) is 4.79 Å². The van der Waals surface area contributed by atoms with Crippen molar-refractivity contribution in [3.05, 3.63) is 29.8 Å². The molecule has 5 heteroatoms. The second kappa shape index (κ2) is 10.1. The summed E-state index contributed by atoms with van der Waals surface area (Å²) in [5.41, 5.74) is 1.34. The topological polar surface area (TPSA) is 29.5 Å². The maximum Gasteiger partial charge on any atom is 0.260 e. The third kappa shape index (κ3) is 5.96. The number of unbranched alkanes of at least 4 members (excludes halogenated alkanes) is 1. The molecule has 1 aromatic rings. The molecular formula is C18H27NO2S2. The van der Waals surface area contributed by atoms with Crippen molar-refractivity contribution in [3.63, 3.8) is 0 Å². The van der Waals surface area contributed by atoms with Crippen molar-refractivity contribution in [2.45, 2.75) is 37.7 Å². The van der Waals surface area contributed by atoms with E-state index in [1.807, 2.05) is 47.5 Å². The van der Waals surface area contributed by atoms with Crippen LogP contribution in [0.1, 0.15) is 43.3 Å². The highest BCUT2D eigenvalue weighted by Crippen LogP contribution is 2.43. The molecule has 3 nitrogen and oxygen atoms in total. The molecule has 0 atom stereocenters. The molecule has 0 N–H and O–H groups in total. The Morgan fingerprint density at radius 2 is 1.91 bits per heavy atom. The number of thioether (sulfide) groups is 2. The van der Waals surface area contributed by atoms with Crippen molar-refractivity contribution >= 4 is 29.4 Å². The van der Waals surface area contributed by atoms with E-state index in [2.05, 4.69) is 19.1 Å². The van der Waals surface area contributed by atoms with Gasteiger partial charge in [-0.15, -0.1) is 23.5 Å². The van der Waals surface area contributed by atoms with Gasteiger partial charge in [-0.25, -0.2) is 0 Å². The van der Waals surface area contributed by atoms with Gasteiger partial charge in [-0.2, -0.15) is 0 Å². The van der Waals surface area contributed by atoms with Gasteiger partial charge in [-0.05, 0) is 49.0 Å². The summed E-state index contributed by atoms with van der Waals surface area (Å²) >= 11 is 4.03. The Morgan fingerprint density at radius 1 is 1.22 bits per heavy atom. The number of hydrogen-bond acceptors (Lipinski definition) is 4. The molecule has 23 heavy (non-hydrogen) atoms. The van der Waals surface area contributed by atoms with Crippen LogP contribution in [0.15, 0.2) is 24.3 Å². The normalized spacial score (nSPS) is 15.4. The summed E-state index contributed by atoms with van der Waals surface area (Å²) in [7, 11) is 0. The summed E-state index contributed by atoms with van der Waals surface area (Å²) < 4.78 is 6.21. The lowest BCUT2D eigenvalue weighted by Gasteiger charge is -2.22. The SMILES string of the molecule is CCCCN(CC)C(=O)COc1ccc(C2SCCCS2)cc1. The predicted octanol–water partition coefficient (Wildman–Crippen LogP) is 4.58. The van der Waals surface area contributed by atoms with Crippen molar-refractivity contribution in [1.29, 1.82) is 0 Å². The number of amides is 1. The van der Waals surface area contributed by atoms with Gasteiger partial charge < -0.3 is 9.64 Å². The first-order valence-electron chi connectivity index (χ1n) is 8.48. The molecule has 0 bridgehead atoms. The van der Waals surface area contributed by atoms with Crippen molar-refractivity contribution in [2.75, 3.05) is 31.2 Å². The fraction of sp³-hybridized carbons (Fsp3) is 0.611. The van der Waals surface area contributed by atoms with Crippen LogP contribution in [0.25, 0.3) is 0 Å². The van der Waals surface area contributed by atoms with Crippen molar-refractivity contribution in [1.82, 2.24) is 4.90 Å². The van der Waals surface area contributed by atoms with Crippen LogP contribution >= 0.6 is 23.5 Å². The van der Waals surface area contributed by atoms with E-state index in [-0.39, 0.29) is 12.5 Å². The van der Waals surface area contributed by atoms with Crippen LogP contribution in [-0.2, 0) is 4.79 Å². The fourth-order valence-electron chi connectivity index (χ4n) is 2.45. The smallest absolute Gasteiger partial charge is 0.260 e. The van der Waals surface area contributed by atoms with E-state index in [0.29, 0.717) is 4.58 Å². The van der Waals surface area contributed by atoms with Crippen molar-refractivity contribution < 1.29 is 9.53 Å². The van der Waals surface area contributed by atoms with Gasteiger partial charge >= 0.3 is 0 Å². The van der Waals surface area contributed by atoms with Crippen LogP contribution in [0.4, 0.5) is 0 Å².